The van der Waals surface area contributed by atoms with Crippen LogP contribution in [0.1, 0.15) is 27.8 Å². The SMILES string of the molecule is Cc1cc(C)c2c(c1C)COC2. The fourth-order valence-electron chi connectivity index (χ4n) is 1.87. The molecule has 1 aromatic rings. The minimum atomic E-state index is 0.808. The van der Waals surface area contributed by atoms with Gasteiger partial charge in [0.2, 0.25) is 0 Å². The van der Waals surface area contributed by atoms with E-state index in [9.17, 15) is 0 Å². The van der Waals surface area contributed by atoms with Crippen molar-refractivity contribution in [1.29, 1.82) is 0 Å². The molecule has 1 aromatic carbocycles. The van der Waals surface area contributed by atoms with E-state index in [1.54, 1.807) is 0 Å². The second kappa shape index (κ2) is 2.60. The molecule has 1 aliphatic heterocycles. The molecule has 12 heavy (non-hydrogen) atoms. The lowest BCUT2D eigenvalue weighted by Crippen LogP contribution is -1.94. The summed E-state index contributed by atoms with van der Waals surface area (Å²) < 4.78 is 5.43. The normalized spacial score (nSPS) is 14.9. The molecule has 1 heterocycles. The molecule has 0 aromatic heterocycles. The molecule has 1 heteroatoms. The van der Waals surface area contributed by atoms with Gasteiger partial charge in [-0.3, -0.25) is 0 Å². The first-order chi connectivity index (χ1) is 5.70. The van der Waals surface area contributed by atoms with Crippen molar-refractivity contribution in [3.05, 3.63) is 33.9 Å². The van der Waals surface area contributed by atoms with Gasteiger partial charge < -0.3 is 4.74 Å². The molecule has 0 N–H and O–H groups in total. The quantitative estimate of drug-likeness (QED) is 0.570. The highest BCUT2D eigenvalue weighted by Crippen LogP contribution is 2.28. The summed E-state index contributed by atoms with van der Waals surface area (Å²) in [7, 11) is 0. The molecule has 1 aliphatic rings. The molecule has 0 saturated carbocycles. The maximum absolute atomic E-state index is 5.43. The molecule has 0 saturated heterocycles. The van der Waals surface area contributed by atoms with Crippen LogP contribution in [-0.2, 0) is 18.0 Å². The average molecular weight is 162 g/mol. The average Bonchev–Trinajstić information content (AvgIpc) is 2.48. The summed E-state index contributed by atoms with van der Waals surface area (Å²) in [6.45, 7) is 8.13. The highest BCUT2D eigenvalue weighted by molar-refractivity contribution is 5.45. The molecule has 0 radical (unpaired) electrons. The monoisotopic (exact) mass is 162 g/mol. The number of hydrogen-bond donors (Lipinski definition) is 0. The number of fused-ring (bicyclic) bond motifs is 1. The predicted octanol–water partition coefficient (Wildman–Crippen LogP) is 2.64. The smallest absolute Gasteiger partial charge is 0.0727 e. The molecular formula is C11H14O. The summed E-state index contributed by atoms with van der Waals surface area (Å²) in [6, 6.07) is 2.25. The summed E-state index contributed by atoms with van der Waals surface area (Å²) in [6.07, 6.45) is 0. The summed E-state index contributed by atoms with van der Waals surface area (Å²) in [4.78, 5) is 0. The van der Waals surface area contributed by atoms with Crippen LogP contribution in [0.25, 0.3) is 0 Å². The zero-order valence-electron chi connectivity index (χ0n) is 7.90. The third-order valence-corrected chi connectivity index (χ3v) is 2.81. The number of hydrogen-bond acceptors (Lipinski definition) is 1. The largest absolute Gasteiger partial charge is 0.372 e. The van der Waals surface area contributed by atoms with Crippen molar-refractivity contribution >= 4 is 0 Å². The highest BCUT2D eigenvalue weighted by atomic mass is 16.5. The molecule has 0 fully saturated rings. The van der Waals surface area contributed by atoms with E-state index in [0.717, 1.165) is 13.2 Å². The van der Waals surface area contributed by atoms with Crippen molar-refractivity contribution in [2.24, 2.45) is 0 Å². The van der Waals surface area contributed by atoms with Crippen LogP contribution in [0.4, 0.5) is 0 Å². The Labute approximate surface area is 73.4 Å². The Morgan fingerprint density at radius 1 is 1.00 bits per heavy atom. The lowest BCUT2D eigenvalue weighted by molar-refractivity contribution is 0.134. The zero-order valence-corrected chi connectivity index (χ0v) is 7.90. The fraction of sp³-hybridized carbons (Fsp3) is 0.455. The molecule has 0 amide bonds. The molecule has 0 atom stereocenters. The van der Waals surface area contributed by atoms with E-state index >= 15 is 0 Å². The van der Waals surface area contributed by atoms with Gasteiger partial charge in [-0.1, -0.05) is 6.07 Å². The predicted molar refractivity (Wildman–Crippen MR) is 49.1 cm³/mol. The molecule has 2 rings (SSSR count). The standard InChI is InChI=1S/C11H14O/c1-7-4-8(2)10-5-12-6-11(10)9(7)3/h4H,5-6H2,1-3H3. The summed E-state index contributed by atoms with van der Waals surface area (Å²) in [5.74, 6) is 0. The topological polar surface area (TPSA) is 9.23 Å². The second-order valence-electron chi connectivity index (χ2n) is 3.59. The molecule has 64 valence electrons. The van der Waals surface area contributed by atoms with Crippen molar-refractivity contribution in [1.82, 2.24) is 0 Å². The maximum Gasteiger partial charge on any atom is 0.0727 e. The number of benzene rings is 1. The van der Waals surface area contributed by atoms with Crippen molar-refractivity contribution in [3.63, 3.8) is 0 Å². The number of rotatable bonds is 0. The van der Waals surface area contributed by atoms with Gasteiger partial charge in [0, 0.05) is 0 Å². The van der Waals surface area contributed by atoms with Gasteiger partial charge >= 0.3 is 0 Å². The van der Waals surface area contributed by atoms with Crippen LogP contribution in [0.3, 0.4) is 0 Å². The molecule has 0 unspecified atom stereocenters. The van der Waals surface area contributed by atoms with Gasteiger partial charge in [-0.25, -0.2) is 0 Å². The third kappa shape index (κ3) is 0.969. The Hall–Kier alpha value is -0.820. The Balaban J connectivity index is 2.69. The van der Waals surface area contributed by atoms with E-state index < -0.39 is 0 Å². The first-order valence-electron chi connectivity index (χ1n) is 4.36. The summed E-state index contributed by atoms with van der Waals surface area (Å²) in [5.41, 5.74) is 7.01. The van der Waals surface area contributed by atoms with Gasteiger partial charge in [-0.05, 0) is 48.6 Å². The van der Waals surface area contributed by atoms with Gasteiger partial charge in [0.05, 0.1) is 13.2 Å². The zero-order chi connectivity index (χ0) is 8.72. The number of ether oxygens (including phenoxy) is 1. The lowest BCUT2D eigenvalue weighted by Gasteiger charge is -2.08. The third-order valence-electron chi connectivity index (χ3n) is 2.81. The maximum atomic E-state index is 5.43. The van der Waals surface area contributed by atoms with E-state index in [2.05, 4.69) is 26.8 Å². The minimum absolute atomic E-state index is 0.808. The Bertz CT molecular complexity index is 326. The van der Waals surface area contributed by atoms with Gasteiger partial charge in [0.15, 0.2) is 0 Å². The van der Waals surface area contributed by atoms with E-state index in [4.69, 9.17) is 4.74 Å². The molecular weight excluding hydrogens is 148 g/mol. The Kier molecular flexibility index (Phi) is 1.69. The van der Waals surface area contributed by atoms with E-state index in [1.165, 1.54) is 27.8 Å². The van der Waals surface area contributed by atoms with Crippen LogP contribution in [-0.4, -0.2) is 0 Å². The van der Waals surface area contributed by atoms with Crippen molar-refractivity contribution < 1.29 is 4.74 Å². The van der Waals surface area contributed by atoms with E-state index in [0.29, 0.717) is 0 Å². The fourth-order valence-corrected chi connectivity index (χ4v) is 1.87. The minimum Gasteiger partial charge on any atom is -0.372 e. The first-order valence-corrected chi connectivity index (χ1v) is 4.36. The number of aryl methyl sites for hydroxylation is 2. The van der Waals surface area contributed by atoms with Crippen LogP contribution >= 0.6 is 0 Å². The first kappa shape index (κ1) is 7.81. The van der Waals surface area contributed by atoms with Crippen molar-refractivity contribution in [2.75, 3.05) is 0 Å². The summed E-state index contributed by atoms with van der Waals surface area (Å²) in [5, 5.41) is 0. The van der Waals surface area contributed by atoms with Crippen LogP contribution in [0.15, 0.2) is 6.07 Å². The van der Waals surface area contributed by atoms with E-state index in [1.807, 2.05) is 0 Å². The molecule has 0 bridgehead atoms. The Morgan fingerprint density at radius 2 is 1.67 bits per heavy atom. The van der Waals surface area contributed by atoms with Crippen LogP contribution in [0.5, 0.6) is 0 Å². The Morgan fingerprint density at radius 3 is 2.42 bits per heavy atom. The molecule has 1 nitrogen and oxygen atoms in total. The van der Waals surface area contributed by atoms with Crippen molar-refractivity contribution in [3.8, 4) is 0 Å². The summed E-state index contributed by atoms with van der Waals surface area (Å²) >= 11 is 0. The van der Waals surface area contributed by atoms with Crippen LogP contribution < -0.4 is 0 Å². The van der Waals surface area contributed by atoms with Crippen LogP contribution in [0, 0.1) is 20.8 Å². The second-order valence-corrected chi connectivity index (χ2v) is 3.59. The van der Waals surface area contributed by atoms with Crippen molar-refractivity contribution in [2.45, 2.75) is 34.0 Å². The molecule has 0 spiro atoms. The van der Waals surface area contributed by atoms with Gasteiger partial charge in [0.25, 0.3) is 0 Å². The molecule has 0 aliphatic carbocycles. The van der Waals surface area contributed by atoms with Gasteiger partial charge in [0.1, 0.15) is 0 Å². The van der Waals surface area contributed by atoms with E-state index in [-0.39, 0.29) is 0 Å². The van der Waals surface area contributed by atoms with Gasteiger partial charge in [-0.2, -0.15) is 0 Å². The van der Waals surface area contributed by atoms with Gasteiger partial charge in [-0.15, -0.1) is 0 Å². The van der Waals surface area contributed by atoms with Crippen LogP contribution in [0.2, 0.25) is 0 Å². The lowest BCUT2D eigenvalue weighted by atomic mass is 9.96. The highest BCUT2D eigenvalue weighted by Gasteiger charge is 2.16.